The number of piperazine rings is 1. The molecule has 150 valence electrons. The summed E-state index contributed by atoms with van der Waals surface area (Å²) in [5.41, 5.74) is -0.892. The van der Waals surface area contributed by atoms with Crippen LogP contribution in [-0.4, -0.2) is 66.2 Å². The van der Waals surface area contributed by atoms with Gasteiger partial charge in [-0.05, 0) is 13.3 Å². The molecule has 0 aliphatic carbocycles. The van der Waals surface area contributed by atoms with Gasteiger partial charge in [0.15, 0.2) is 0 Å². The average Bonchev–Trinajstić information content (AvgIpc) is 2.65. The minimum Gasteiger partial charge on any atom is -0.450 e. The van der Waals surface area contributed by atoms with Crippen LogP contribution in [0.3, 0.4) is 0 Å². The molecule has 0 unspecified atom stereocenters. The van der Waals surface area contributed by atoms with Gasteiger partial charge in [-0.25, -0.2) is 14.8 Å². The minimum absolute atomic E-state index is 0.0337. The van der Waals surface area contributed by atoms with Crippen molar-refractivity contribution in [1.82, 2.24) is 20.2 Å². The Hall–Kier alpha value is -2.59. The largest absolute Gasteiger partial charge is 0.450 e. The van der Waals surface area contributed by atoms with Gasteiger partial charge in [0.25, 0.3) is 0 Å². The van der Waals surface area contributed by atoms with Gasteiger partial charge in [-0.1, -0.05) is 0 Å². The first-order valence-electron chi connectivity index (χ1n) is 8.64. The quantitative estimate of drug-likeness (QED) is 0.745. The number of amides is 2. The molecule has 1 N–H and O–H groups in total. The van der Waals surface area contributed by atoms with Crippen LogP contribution in [0.2, 0.25) is 0 Å². The highest BCUT2D eigenvalue weighted by Gasteiger charge is 2.32. The third-order valence-electron chi connectivity index (χ3n) is 3.99. The van der Waals surface area contributed by atoms with Gasteiger partial charge in [-0.3, -0.25) is 4.79 Å². The summed E-state index contributed by atoms with van der Waals surface area (Å²) in [4.78, 5) is 34.3. The van der Waals surface area contributed by atoms with E-state index in [1.807, 2.05) is 0 Å². The number of carbonyl (C=O) groups is 2. The number of carbonyl (C=O) groups excluding carboxylic acids is 2. The SMILES string of the molecule is CCOC(=O)NCCCC(=O)N1CCN(c2ncc(C(F)(F)F)cn2)CC1. The lowest BCUT2D eigenvalue weighted by molar-refractivity contribution is -0.138. The van der Waals surface area contributed by atoms with E-state index in [2.05, 4.69) is 15.3 Å². The summed E-state index contributed by atoms with van der Waals surface area (Å²) < 4.78 is 42.4. The minimum atomic E-state index is -4.47. The molecule has 1 saturated heterocycles. The topological polar surface area (TPSA) is 87.7 Å². The maximum atomic E-state index is 12.5. The summed E-state index contributed by atoms with van der Waals surface area (Å²) in [6, 6.07) is 0. The number of hydrogen-bond acceptors (Lipinski definition) is 6. The summed E-state index contributed by atoms with van der Waals surface area (Å²) >= 11 is 0. The Labute approximate surface area is 154 Å². The highest BCUT2D eigenvalue weighted by atomic mass is 19.4. The molecule has 2 heterocycles. The second-order valence-electron chi connectivity index (χ2n) is 5.89. The molecule has 1 aliphatic heterocycles. The fourth-order valence-electron chi connectivity index (χ4n) is 2.56. The maximum absolute atomic E-state index is 12.5. The Morgan fingerprint density at radius 3 is 2.37 bits per heavy atom. The number of hydrogen-bond donors (Lipinski definition) is 1. The van der Waals surface area contributed by atoms with Crippen molar-refractivity contribution in [3.8, 4) is 0 Å². The number of alkyl carbamates (subject to hydrolysis) is 1. The molecule has 2 rings (SSSR count). The van der Waals surface area contributed by atoms with Crippen molar-refractivity contribution < 1.29 is 27.5 Å². The first-order valence-corrected chi connectivity index (χ1v) is 8.64. The van der Waals surface area contributed by atoms with Crippen LogP contribution in [0.1, 0.15) is 25.3 Å². The van der Waals surface area contributed by atoms with Crippen LogP contribution < -0.4 is 10.2 Å². The summed E-state index contributed by atoms with van der Waals surface area (Å²) in [5.74, 6) is 0.183. The predicted octanol–water partition coefficient (Wildman–Crippen LogP) is 1.67. The molecule has 1 aromatic rings. The van der Waals surface area contributed by atoms with Crippen molar-refractivity contribution in [1.29, 1.82) is 0 Å². The van der Waals surface area contributed by atoms with Crippen molar-refractivity contribution in [2.75, 3.05) is 44.2 Å². The van der Waals surface area contributed by atoms with Crippen molar-refractivity contribution in [3.63, 3.8) is 0 Å². The molecule has 8 nitrogen and oxygen atoms in total. The molecule has 0 bridgehead atoms. The third-order valence-corrected chi connectivity index (χ3v) is 3.99. The summed E-state index contributed by atoms with van der Waals surface area (Å²) in [7, 11) is 0. The van der Waals surface area contributed by atoms with E-state index in [1.54, 1.807) is 16.7 Å². The summed E-state index contributed by atoms with van der Waals surface area (Å²) in [6.07, 6.45) is -2.66. The van der Waals surface area contributed by atoms with E-state index in [0.29, 0.717) is 45.6 Å². The molecule has 27 heavy (non-hydrogen) atoms. The fourth-order valence-corrected chi connectivity index (χ4v) is 2.56. The summed E-state index contributed by atoms with van der Waals surface area (Å²) in [5, 5.41) is 2.55. The molecule has 0 aromatic carbocycles. The Kier molecular flexibility index (Phi) is 7.19. The van der Waals surface area contributed by atoms with Gasteiger partial charge >= 0.3 is 12.3 Å². The molecule has 1 aliphatic rings. The standard InChI is InChI=1S/C16H22F3N5O3/c1-2-27-15(26)20-5-3-4-13(25)23-6-8-24(9-7-23)14-21-10-12(11-22-14)16(17,18)19/h10-11H,2-9H2,1H3,(H,20,26). The second-order valence-corrected chi connectivity index (χ2v) is 5.89. The lowest BCUT2D eigenvalue weighted by atomic mass is 10.2. The van der Waals surface area contributed by atoms with Gasteiger partial charge in [0.1, 0.15) is 0 Å². The van der Waals surface area contributed by atoms with E-state index < -0.39 is 17.8 Å². The number of anilines is 1. The predicted molar refractivity (Wildman–Crippen MR) is 90.1 cm³/mol. The Morgan fingerprint density at radius 2 is 1.81 bits per heavy atom. The Balaban J connectivity index is 1.73. The van der Waals surface area contributed by atoms with Crippen LogP contribution in [0.25, 0.3) is 0 Å². The van der Waals surface area contributed by atoms with Gasteiger partial charge < -0.3 is 19.9 Å². The average molecular weight is 389 g/mol. The number of aromatic nitrogens is 2. The highest BCUT2D eigenvalue weighted by molar-refractivity contribution is 5.76. The fraction of sp³-hybridized carbons (Fsp3) is 0.625. The third kappa shape index (κ3) is 6.26. The first kappa shape index (κ1) is 20.7. The van der Waals surface area contributed by atoms with Gasteiger partial charge in [-0.2, -0.15) is 13.2 Å². The summed E-state index contributed by atoms with van der Waals surface area (Å²) in [6.45, 7) is 4.11. The molecule has 0 saturated carbocycles. The van der Waals surface area contributed by atoms with E-state index in [1.165, 1.54) is 0 Å². The zero-order valence-corrected chi connectivity index (χ0v) is 15.0. The van der Waals surface area contributed by atoms with Crippen LogP contribution in [0.15, 0.2) is 12.4 Å². The van der Waals surface area contributed by atoms with Crippen molar-refractivity contribution in [2.24, 2.45) is 0 Å². The van der Waals surface area contributed by atoms with E-state index in [0.717, 1.165) is 12.4 Å². The number of halogens is 3. The lowest BCUT2D eigenvalue weighted by Crippen LogP contribution is -2.49. The molecule has 0 spiro atoms. The second kappa shape index (κ2) is 9.38. The molecular formula is C16H22F3N5O3. The highest BCUT2D eigenvalue weighted by Crippen LogP contribution is 2.28. The van der Waals surface area contributed by atoms with Gasteiger partial charge in [0, 0.05) is 51.5 Å². The number of nitrogens with zero attached hydrogens (tertiary/aromatic N) is 4. The Bertz CT molecular complexity index is 631. The zero-order chi connectivity index (χ0) is 19.9. The van der Waals surface area contributed by atoms with Gasteiger partial charge in [0.2, 0.25) is 11.9 Å². The molecule has 2 amide bonds. The van der Waals surface area contributed by atoms with Gasteiger partial charge in [-0.15, -0.1) is 0 Å². The zero-order valence-electron chi connectivity index (χ0n) is 15.0. The molecule has 0 radical (unpaired) electrons. The van der Waals surface area contributed by atoms with Gasteiger partial charge in [0.05, 0.1) is 12.2 Å². The number of ether oxygens (including phenoxy) is 1. The number of nitrogens with one attached hydrogen (secondary N) is 1. The maximum Gasteiger partial charge on any atom is 0.419 e. The number of alkyl halides is 3. The van der Waals surface area contributed by atoms with Crippen LogP contribution in [0.4, 0.5) is 23.9 Å². The first-order chi connectivity index (χ1) is 12.8. The molecular weight excluding hydrogens is 367 g/mol. The molecule has 1 fully saturated rings. The molecule has 1 aromatic heterocycles. The number of rotatable bonds is 6. The smallest absolute Gasteiger partial charge is 0.419 e. The van der Waals surface area contributed by atoms with Crippen LogP contribution in [-0.2, 0) is 15.7 Å². The monoisotopic (exact) mass is 389 g/mol. The van der Waals surface area contributed by atoms with Crippen LogP contribution in [0, 0.1) is 0 Å². The molecule has 11 heteroatoms. The van der Waals surface area contributed by atoms with E-state index in [4.69, 9.17) is 4.74 Å². The van der Waals surface area contributed by atoms with Crippen LogP contribution in [0.5, 0.6) is 0 Å². The lowest BCUT2D eigenvalue weighted by Gasteiger charge is -2.34. The molecule has 0 atom stereocenters. The Morgan fingerprint density at radius 1 is 1.19 bits per heavy atom. The van der Waals surface area contributed by atoms with E-state index >= 15 is 0 Å². The van der Waals surface area contributed by atoms with E-state index in [9.17, 15) is 22.8 Å². The van der Waals surface area contributed by atoms with Crippen molar-refractivity contribution in [2.45, 2.75) is 25.9 Å². The normalized spacial score (nSPS) is 14.8. The van der Waals surface area contributed by atoms with Crippen molar-refractivity contribution >= 4 is 17.9 Å². The van der Waals surface area contributed by atoms with Crippen LogP contribution >= 0.6 is 0 Å². The van der Waals surface area contributed by atoms with E-state index in [-0.39, 0.29) is 18.5 Å². The van der Waals surface area contributed by atoms with Crippen molar-refractivity contribution in [3.05, 3.63) is 18.0 Å².